The van der Waals surface area contributed by atoms with Gasteiger partial charge < -0.3 is 9.80 Å². The molecule has 0 spiro atoms. The molecule has 3 aliphatic heterocycles. The number of carbonyl (C=O) groups excluding carboxylic acids is 2. The molecule has 3 aliphatic rings. The molecule has 2 amide bonds. The topological polar surface area (TPSA) is 56.8 Å². The lowest BCUT2D eigenvalue weighted by atomic mass is 9.92. The van der Waals surface area contributed by atoms with E-state index in [2.05, 4.69) is 21.7 Å². The molecule has 0 bridgehead atoms. The minimum atomic E-state index is 0.133. The summed E-state index contributed by atoms with van der Waals surface area (Å²) in [6.45, 7) is 7.62. The maximum Gasteiger partial charge on any atom is 0.253 e. The third-order valence-corrected chi connectivity index (χ3v) is 7.06. The average Bonchev–Trinajstić information content (AvgIpc) is 3.34. The minimum Gasteiger partial charge on any atom is -0.342 e. The van der Waals surface area contributed by atoms with Crippen LogP contribution < -0.4 is 0 Å². The maximum absolute atomic E-state index is 13.0. The number of hydrogen-bond acceptors (Lipinski definition) is 4. The molecule has 164 valence electrons. The Labute approximate surface area is 180 Å². The number of aryl methyl sites for hydroxylation is 1. The molecule has 6 nitrogen and oxygen atoms in total. The fourth-order valence-corrected chi connectivity index (χ4v) is 5.36. The lowest BCUT2D eigenvalue weighted by molar-refractivity contribution is -0.136. The van der Waals surface area contributed by atoms with Crippen LogP contribution in [-0.4, -0.2) is 76.8 Å². The molecule has 3 saturated heterocycles. The fraction of sp³-hybridized carbons (Fsp3) is 0.708. The van der Waals surface area contributed by atoms with Gasteiger partial charge in [-0.3, -0.25) is 19.5 Å². The highest BCUT2D eigenvalue weighted by molar-refractivity contribution is 5.94. The molecule has 6 heteroatoms. The molecule has 0 saturated carbocycles. The first-order valence-electron chi connectivity index (χ1n) is 11.9. The molecule has 1 atom stereocenters. The van der Waals surface area contributed by atoms with E-state index in [0.29, 0.717) is 11.9 Å². The average molecular weight is 413 g/mol. The van der Waals surface area contributed by atoms with Crippen LogP contribution in [0.1, 0.15) is 67.9 Å². The lowest BCUT2D eigenvalue weighted by Gasteiger charge is -2.42. The van der Waals surface area contributed by atoms with Crippen molar-refractivity contribution < 1.29 is 9.59 Å². The third kappa shape index (κ3) is 4.85. The highest BCUT2D eigenvalue weighted by atomic mass is 16.2. The molecule has 4 heterocycles. The van der Waals surface area contributed by atoms with Crippen molar-refractivity contribution in [3.05, 3.63) is 29.6 Å². The van der Waals surface area contributed by atoms with Crippen LogP contribution in [0.15, 0.2) is 18.3 Å². The summed E-state index contributed by atoms with van der Waals surface area (Å²) in [6.07, 6.45) is 10.2. The van der Waals surface area contributed by atoms with Gasteiger partial charge in [0.15, 0.2) is 0 Å². The fourth-order valence-electron chi connectivity index (χ4n) is 5.36. The minimum absolute atomic E-state index is 0.133. The number of nitrogens with zero attached hydrogens (tertiary/aromatic N) is 4. The van der Waals surface area contributed by atoms with Crippen molar-refractivity contribution in [2.75, 3.05) is 39.3 Å². The maximum atomic E-state index is 13.0. The van der Waals surface area contributed by atoms with Crippen molar-refractivity contribution in [3.63, 3.8) is 0 Å². The van der Waals surface area contributed by atoms with Gasteiger partial charge in [0.05, 0.1) is 5.92 Å². The standard InChI is InChI=1S/C24H36N4O2/c1-2-6-21-17-19(8-11-25-21)23(29)27-15-9-22(10-16-27)28-14-5-7-20(18-28)24(30)26-12-3-4-13-26/h8,11,17,20,22H,2-7,9-10,12-16,18H2,1H3/t20-/m1/s1. The highest BCUT2D eigenvalue weighted by Crippen LogP contribution is 2.26. The van der Waals surface area contributed by atoms with Gasteiger partial charge in [0.2, 0.25) is 5.91 Å². The molecule has 1 aromatic heterocycles. The Morgan fingerprint density at radius 1 is 1.00 bits per heavy atom. The predicted molar refractivity (Wildman–Crippen MR) is 117 cm³/mol. The van der Waals surface area contributed by atoms with Gasteiger partial charge in [-0.25, -0.2) is 0 Å². The van der Waals surface area contributed by atoms with E-state index in [1.165, 1.54) is 0 Å². The normalized spacial score (nSPS) is 23.7. The Balaban J connectivity index is 1.30. The second-order valence-electron chi connectivity index (χ2n) is 9.18. The Bertz CT molecular complexity index is 738. The number of pyridine rings is 1. The summed E-state index contributed by atoms with van der Waals surface area (Å²) in [5.41, 5.74) is 1.77. The second-order valence-corrected chi connectivity index (χ2v) is 9.18. The number of carbonyl (C=O) groups is 2. The summed E-state index contributed by atoms with van der Waals surface area (Å²) >= 11 is 0. The smallest absolute Gasteiger partial charge is 0.253 e. The van der Waals surface area contributed by atoms with Gasteiger partial charge in [0.1, 0.15) is 0 Å². The van der Waals surface area contributed by atoms with Crippen molar-refractivity contribution in [2.24, 2.45) is 5.92 Å². The van der Waals surface area contributed by atoms with E-state index < -0.39 is 0 Å². The van der Waals surface area contributed by atoms with Crippen LogP contribution in [0.3, 0.4) is 0 Å². The molecule has 0 unspecified atom stereocenters. The van der Waals surface area contributed by atoms with Gasteiger partial charge in [-0.1, -0.05) is 13.3 Å². The Kier molecular flexibility index (Phi) is 7.03. The second kappa shape index (κ2) is 9.90. The van der Waals surface area contributed by atoms with Crippen molar-refractivity contribution in [1.29, 1.82) is 0 Å². The summed E-state index contributed by atoms with van der Waals surface area (Å²) < 4.78 is 0. The van der Waals surface area contributed by atoms with Crippen molar-refractivity contribution >= 4 is 11.8 Å². The summed E-state index contributed by atoms with van der Waals surface area (Å²) in [5.74, 6) is 0.685. The van der Waals surface area contributed by atoms with Gasteiger partial charge >= 0.3 is 0 Å². The molecule has 4 rings (SSSR count). The summed E-state index contributed by atoms with van der Waals surface area (Å²) in [4.78, 5) is 36.8. The Morgan fingerprint density at radius 2 is 1.77 bits per heavy atom. The predicted octanol–water partition coefficient (Wildman–Crippen LogP) is 2.97. The number of piperidine rings is 2. The van der Waals surface area contributed by atoms with Crippen molar-refractivity contribution in [3.8, 4) is 0 Å². The first-order valence-corrected chi connectivity index (χ1v) is 11.9. The van der Waals surface area contributed by atoms with E-state index in [0.717, 1.165) is 102 Å². The number of likely N-dealkylation sites (tertiary alicyclic amines) is 3. The number of rotatable bonds is 5. The summed E-state index contributed by atoms with van der Waals surface area (Å²) in [7, 11) is 0. The van der Waals surface area contributed by atoms with Crippen LogP contribution in [0, 0.1) is 5.92 Å². The van der Waals surface area contributed by atoms with Gasteiger partial charge in [0, 0.05) is 56.2 Å². The Hall–Kier alpha value is -1.95. The zero-order chi connectivity index (χ0) is 20.9. The molecular formula is C24H36N4O2. The van der Waals surface area contributed by atoms with Crippen LogP contribution >= 0.6 is 0 Å². The van der Waals surface area contributed by atoms with Crippen LogP contribution in [0.25, 0.3) is 0 Å². The van der Waals surface area contributed by atoms with Gasteiger partial charge in [-0.05, 0) is 63.6 Å². The van der Waals surface area contributed by atoms with E-state index >= 15 is 0 Å². The highest BCUT2D eigenvalue weighted by Gasteiger charge is 2.34. The SMILES string of the molecule is CCCc1cc(C(=O)N2CCC(N3CCC[C@@H](C(=O)N4CCCC4)C3)CC2)ccn1. The first kappa shape index (κ1) is 21.3. The molecular weight excluding hydrogens is 376 g/mol. The number of hydrogen-bond donors (Lipinski definition) is 0. The zero-order valence-corrected chi connectivity index (χ0v) is 18.4. The quantitative estimate of drug-likeness (QED) is 0.746. The van der Waals surface area contributed by atoms with E-state index in [4.69, 9.17) is 0 Å². The van der Waals surface area contributed by atoms with Gasteiger partial charge in [0.25, 0.3) is 5.91 Å². The van der Waals surface area contributed by atoms with Crippen LogP contribution in [-0.2, 0) is 11.2 Å². The molecule has 30 heavy (non-hydrogen) atoms. The van der Waals surface area contributed by atoms with Gasteiger partial charge in [-0.15, -0.1) is 0 Å². The van der Waals surface area contributed by atoms with E-state index in [1.54, 1.807) is 6.20 Å². The molecule has 0 aliphatic carbocycles. The number of aromatic nitrogens is 1. The lowest BCUT2D eigenvalue weighted by Crippen LogP contribution is -2.51. The molecule has 0 radical (unpaired) electrons. The van der Waals surface area contributed by atoms with E-state index in [1.807, 2.05) is 17.0 Å². The molecule has 1 aromatic rings. The van der Waals surface area contributed by atoms with E-state index in [-0.39, 0.29) is 11.8 Å². The summed E-state index contributed by atoms with van der Waals surface area (Å²) in [6, 6.07) is 4.29. The molecule has 3 fully saturated rings. The van der Waals surface area contributed by atoms with Crippen molar-refractivity contribution in [1.82, 2.24) is 19.7 Å². The van der Waals surface area contributed by atoms with Crippen LogP contribution in [0.4, 0.5) is 0 Å². The van der Waals surface area contributed by atoms with E-state index in [9.17, 15) is 9.59 Å². The molecule has 0 N–H and O–H groups in total. The monoisotopic (exact) mass is 412 g/mol. The molecule has 0 aromatic carbocycles. The largest absolute Gasteiger partial charge is 0.342 e. The first-order chi connectivity index (χ1) is 14.7. The van der Waals surface area contributed by atoms with Crippen LogP contribution in [0.5, 0.6) is 0 Å². The van der Waals surface area contributed by atoms with Crippen molar-refractivity contribution in [2.45, 2.75) is 64.3 Å². The van der Waals surface area contributed by atoms with Crippen LogP contribution in [0.2, 0.25) is 0 Å². The van der Waals surface area contributed by atoms with Gasteiger partial charge in [-0.2, -0.15) is 0 Å². The zero-order valence-electron chi connectivity index (χ0n) is 18.4. The summed E-state index contributed by atoms with van der Waals surface area (Å²) in [5, 5.41) is 0. The number of amides is 2. The third-order valence-electron chi connectivity index (χ3n) is 7.06. The Morgan fingerprint density at radius 3 is 2.50 bits per heavy atom.